The first-order valence-electron chi connectivity index (χ1n) is 7.43. The van der Waals surface area contributed by atoms with Gasteiger partial charge >= 0.3 is 0 Å². The fourth-order valence-electron chi connectivity index (χ4n) is 2.74. The predicted octanol–water partition coefficient (Wildman–Crippen LogP) is 3.04. The second-order valence-electron chi connectivity index (χ2n) is 5.92. The number of hydrogen-bond donors (Lipinski definition) is 1. The van der Waals surface area contributed by atoms with E-state index in [2.05, 4.69) is 18.3 Å². The topological polar surface area (TPSA) is 52.9 Å². The van der Waals surface area contributed by atoms with Crippen LogP contribution in [0.1, 0.15) is 43.7 Å². The molecule has 1 aromatic carbocycles. The van der Waals surface area contributed by atoms with Crippen LogP contribution < -0.4 is 5.32 Å². The van der Waals surface area contributed by atoms with E-state index in [1.165, 1.54) is 25.7 Å². The van der Waals surface area contributed by atoms with Gasteiger partial charge in [0.05, 0.1) is 18.1 Å². The minimum Gasteiger partial charge on any atom is -0.356 e. The number of nitrogens with zero attached hydrogens (tertiary/aromatic N) is 1. The number of nitrogens with one attached hydrogen (secondary N) is 1. The fourth-order valence-corrected chi connectivity index (χ4v) is 2.74. The first kappa shape index (κ1) is 14.6. The van der Waals surface area contributed by atoms with Gasteiger partial charge in [-0.15, -0.1) is 0 Å². The number of nitriles is 1. The second-order valence-corrected chi connectivity index (χ2v) is 5.92. The molecule has 0 atom stereocenters. The molecule has 0 bridgehead atoms. The lowest BCUT2D eigenvalue weighted by molar-refractivity contribution is -0.120. The van der Waals surface area contributed by atoms with Gasteiger partial charge in [0, 0.05) is 6.54 Å². The molecule has 1 N–H and O–H groups in total. The monoisotopic (exact) mass is 270 g/mol. The van der Waals surface area contributed by atoms with E-state index in [9.17, 15) is 4.79 Å². The van der Waals surface area contributed by atoms with E-state index in [-0.39, 0.29) is 5.91 Å². The summed E-state index contributed by atoms with van der Waals surface area (Å²) >= 11 is 0. The fraction of sp³-hybridized carbons (Fsp3) is 0.529. The molecular formula is C17H22N2O. The van der Waals surface area contributed by atoms with Gasteiger partial charge < -0.3 is 5.32 Å². The molecule has 20 heavy (non-hydrogen) atoms. The lowest BCUT2D eigenvalue weighted by Crippen LogP contribution is -2.32. The quantitative estimate of drug-likeness (QED) is 0.914. The molecule has 1 aliphatic rings. The molecule has 0 radical (unpaired) electrons. The minimum absolute atomic E-state index is 0.0772. The van der Waals surface area contributed by atoms with Crippen LogP contribution in [0.25, 0.3) is 0 Å². The van der Waals surface area contributed by atoms with Gasteiger partial charge in [0.1, 0.15) is 0 Å². The van der Waals surface area contributed by atoms with Crippen molar-refractivity contribution in [1.82, 2.24) is 5.32 Å². The molecule has 0 aliphatic heterocycles. The van der Waals surface area contributed by atoms with E-state index in [0.717, 1.165) is 18.0 Å². The van der Waals surface area contributed by atoms with E-state index in [0.29, 0.717) is 17.9 Å². The Morgan fingerprint density at radius 2 is 1.90 bits per heavy atom. The summed E-state index contributed by atoms with van der Waals surface area (Å²) < 4.78 is 0. The molecule has 0 unspecified atom stereocenters. The van der Waals surface area contributed by atoms with Gasteiger partial charge in [-0.2, -0.15) is 5.26 Å². The summed E-state index contributed by atoms with van der Waals surface area (Å²) in [5.74, 6) is 1.57. The van der Waals surface area contributed by atoms with Crippen molar-refractivity contribution in [3.8, 4) is 6.07 Å². The summed E-state index contributed by atoms with van der Waals surface area (Å²) in [6.07, 6.45) is 5.44. The van der Waals surface area contributed by atoms with Crippen LogP contribution in [-0.4, -0.2) is 12.5 Å². The van der Waals surface area contributed by atoms with Crippen LogP contribution in [0.2, 0.25) is 0 Å². The highest BCUT2D eigenvalue weighted by molar-refractivity contribution is 5.78. The average Bonchev–Trinajstić information content (AvgIpc) is 2.47. The smallest absolute Gasteiger partial charge is 0.224 e. The van der Waals surface area contributed by atoms with Crippen LogP contribution >= 0.6 is 0 Å². The van der Waals surface area contributed by atoms with Crippen LogP contribution in [0.15, 0.2) is 24.3 Å². The van der Waals surface area contributed by atoms with Crippen molar-refractivity contribution in [2.45, 2.75) is 39.0 Å². The maximum atomic E-state index is 11.9. The summed E-state index contributed by atoms with van der Waals surface area (Å²) in [6.45, 7) is 3.11. The highest BCUT2D eigenvalue weighted by atomic mass is 16.1. The van der Waals surface area contributed by atoms with Crippen LogP contribution in [0, 0.1) is 23.2 Å². The predicted molar refractivity (Wildman–Crippen MR) is 79.0 cm³/mol. The zero-order chi connectivity index (χ0) is 14.4. The maximum absolute atomic E-state index is 11.9. The largest absolute Gasteiger partial charge is 0.356 e. The Labute approximate surface area is 121 Å². The van der Waals surface area contributed by atoms with Crippen LogP contribution in [0.5, 0.6) is 0 Å². The summed E-state index contributed by atoms with van der Waals surface area (Å²) in [6, 6.07) is 9.28. The molecule has 1 aromatic rings. The number of benzene rings is 1. The van der Waals surface area contributed by atoms with Crippen molar-refractivity contribution in [2.24, 2.45) is 11.8 Å². The van der Waals surface area contributed by atoms with Gasteiger partial charge in [0.25, 0.3) is 0 Å². The highest BCUT2D eigenvalue weighted by Gasteiger charge is 2.18. The van der Waals surface area contributed by atoms with E-state index in [4.69, 9.17) is 5.26 Å². The molecule has 3 nitrogen and oxygen atoms in total. The normalized spacial score (nSPS) is 22.0. The Kier molecular flexibility index (Phi) is 5.17. The second kappa shape index (κ2) is 7.09. The lowest BCUT2D eigenvalue weighted by atomic mass is 9.83. The van der Waals surface area contributed by atoms with Crippen LogP contribution in [0.4, 0.5) is 0 Å². The van der Waals surface area contributed by atoms with E-state index in [1.54, 1.807) is 12.1 Å². The molecule has 0 spiro atoms. The summed E-state index contributed by atoms with van der Waals surface area (Å²) in [4.78, 5) is 11.9. The molecule has 1 saturated carbocycles. The molecule has 1 fully saturated rings. The number of hydrogen-bond acceptors (Lipinski definition) is 2. The van der Waals surface area contributed by atoms with Crippen molar-refractivity contribution in [2.75, 3.05) is 6.54 Å². The van der Waals surface area contributed by atoms with Gasteiger partial charge in [-0.1, -0.05) is 31.9 Å². The lowest BCUT2D eigenvalue weighted by Gasteiger charge is -2.26. The molecule has 1 aliphatic carbocycles. The van der Waals surface area contributed by atoms with E-state index >= 15 is 0 Å². The summed E-state index contributed by atoms with van der Waals surface area (Å²) in [5, 5.41) is 11.8. The zero-order valence-corrected chi connectivity index (χ0v) is 12.1. The molecule has 1 amide bonds. The molecule has 106 valence electrons. The van der Waals surface area contributed by atoms with Gasteiger partial charge in [-0.05, 0) is 42.4 Å². The number of carbonyl (C=O) groups excluding carboxylic acids is 1. The van der Waals surface area contributed by atoms with Gasteiger partial charge in [0.2, 0.25) is 5.91 Å². The minimum atomic E-state index is 0.0772. The first-order valence-corrected chi connectivity index (χ1v) is 7.43. The van der Waals surface area contributed by atoms with E-state index in [1.807, 2.05) is 12.1 Å². The third kappa shape index (κ3) is 4.38. The standard InChI is InChI=1S/C17H22N2O/c1-13-2-4-16(5-3-13)12-19-17(20)10-14-6-8-15(11-18)9-7-14/h6-9,13,16H,2-5,10,12H2,1H3,(H,19,20). The Hall–Kier alpha value is -1.82. The van der Waals surface area contributed by atoms with Gasteiger partial charge in [-0.3, -0.25) is 4.79 Å². The maximum Gasteiger partial charge on any atom is 0.224 e. The number of carbonyl (C=O) groups is 1. The molecule has 0 aromatic heterocycles. The van der Waals surface area contributed by atoms with Crippen molar-refractivity contribution in [1.29, 1.82) is 5.26 Å². The molecule has 3 heteroatoms. The third-order valence-corrected chi connectivity index (χ3v) is 4.17. The highest BCUT2D eigenvalue weighted by Crippen LogP contribution is 2.27. The summed E-state index contributed by atoms with van der Waals surface area (Å²) in [7, 11) is 0. The molecule has 2 rings (SSSR count). The number of amides is 1. The van der Waals surface area contributed by atoms with Crippen LogP contribution in [0.3, 0.4) is 0 Å². The first-order chi connectivity index (χ1) is 9.67. The Morgan fingerprint density at radius 1 is 1.25 bits per heavy atom. The molecule has 0 saturated heterocycles. The molecule has 0 heterocycles. The van der Waals surface area contributed by atoms with E-state index < -0.39 is 0 Å². The SMILES string of the molecule is CC1CCC(CNC(=O)Cc2ccc(C#N)cc2)CC1. The average molecular weight is 270 g/mol. The Bertz CT molecular complexity index is 479. The van der Waals surface area contributed by atoms with Crippen molar-refractivity contribution >= 4 is 5.91 Å². The summed E-state index contributed by atoms with van der Waals surface area (Å²) in [5.41, 5.74) is 1.59. The molecular weight excluding hydrogens is 248 g/mol. The van der Waals surface area contributed by atoms with Crippen molar-refractivity contribution < 1.29 is 4.79 Å². The van der Waals surface area contributed by atoms with Crippen molar-refractivity contribution in [3.05, 3.63) is 35.4 Å². The Balaban J connectivity index is 1.73. The Morgan fingerprint density at radius 3 is 2.50 bits per heavy atom. The van der Waals surface area contributed by atoms with Crippen molar-refractivity contribution in [3.63, 3.8) is 0 Å². The third-order valence-electron chi connectivity index (χ3n) is 4.17. The zero-order valence-electron chi connectivity index (χ0n) is 12.1. The van der Waals surface area contributed by atoms with Crippen LogP contribution in [-0.2, 0) is 11.2 Å². The van der Waals surface area contributed by atoms with Gasteiger partial charge in [0.15, 0.2) is 0 Å². The van der Waals surface area contributed by atoms with Gasteiger partial charge in [-0.25, -0.2) is 0 Å². The number of rotatable bonds is 4.